The first kappa shape index (κ1) is 19.8. The Bertz CT molecular complexity index is 723. The second kappa shape index (κ2) is 9.85. The van der Waals surface area contributed by atoms with E-state index in [0.717, 1.165) is 41.8 Å². The molecule has 1 aliphatic rings. The van der Waals surface area contributed by atoms with Crippen LogP contribution in [0, 0.1) is 5.41 Å². The van der Waals surface area contributed by atoms with Gasteiger partial charge in [-0.3, -0.25) is 4.99 Å². The third-order valence-electron chi connectivity index (χ3n) is 5.36. The molecule has 27 heavy (non-hydrogen) atoms. The first-order chi connectivity index (χ1) is 13.2. The Morgan fingerprint density at radius 1 is 1.22 bits per heavy atom. The third kappa shape index (κ3) is 5.53. The molecule has 6 heteroatoms. The van der Waals surface area contributed by atoms with Crippen LogP contribution in [-0.4, -0.2) is 38.3 Å². The molecular formula is C21H30N4OS. The Balaban J connectivity index is 1.51. The van der Waals surface area contributed by atoms with Gasteiger partial charge in [-0.15, -0.1) is 11.3 Å². The van der Waals surface area contributed by atoms with E-state index in [0.29, 0.717) is 12.0 Å². The van der Waals surface area contributed by atoms with E-state index in [1.54, 1.807) is 18.4 Å². The molecule has 0 bridgehead atoms. The normalized spacial score (nSPS) is 16.4. The maximum Gasteiger partial charge on any atom is 0.191 e. The molecule has 1 fully saturated rings. The zero-order valence-corrected chi connectivity index (χ0v) is 17.1. The van der Waals surface area contributed by atoms with Crippen LogP contribution in [0.15, 0.2) is 40.7 Å². The van der Waals surface area contributed by atoms with Gasteiger partial charge in [0.15, 0.2) is 5.96 Å². The van der Waals surface area contributed by atoms with Crippen LogP contribution in [0.5, 0.6) is 0 Å². The molecule has 0 amide bonds. The number of thiazole rings is 1. The molecule has 1 aromatic carbocycles. The van der Waals surface area contributed by atoms with Crippen molar-refractivity contribution >= 4 is 17.3 Å². The summed E-state index contributed by atoms with van der Waals surface area (Å²) in [6, 6.07) is 10.3. The van der Waals surface area contributed by atoms with Crippen molar-refractivity contribution in [2.24, 2.45) is 10.4 Å². The maximum atomic E-state index is 5.33. The molecule has 146 valence electrons. The topological polar surface area (TPSA) is 58.5 Å². The van der Waals surface area contributed by atoms with Gasteiger partial charge in [-0.05, 0) is 24.7 Å². The van der Waals surface area contributed by atoms with Crippen molar-refractivity contribution in [3.05, 3.63) is 41.4 Å². The van der Waals surface area contributed by atoms with Gasteiger partial charge in [0.05, 0.1) is 12.2 Å². The zero-order valence-electron chi connectivity index (χ0n) is 16.3. The summed E-state index contributed by atoms with van der Waals surface area (Å²) in [4.78, 5) is 9.11. The number of aliphatic imine (C=N–C) groups is 1. The quantitative estimate of drug-likeness (QED) is 0.530. The molecule has 0 unspecified atom stereocenters. The SMILES string of the molecule is CN=C(NCc1csc(-c2ccccc2)n1)NCC1(CCOC)CCCC1. The van der Waals surface area contributed by atoms with Crippen molar-refractivity contribution in [1.29, 1.82) is 0 Å². The molecule has 2 N–H and O–H groups in total. The molecule has 1 aromatic heterocycles. The van der Waals surface area contributed by atoms with E-state index in [4.69, 9.17) is 9.72 Å². The number of rotatable bonds is 8. The molecule has 1 saturated carbocycles. The minimum absolute atomic E-state index is 0.342. The summed E-state index contributed by atoms with van der Waals surface area (Å²) in [5.41, 5.74) is 2.55. The van der Waals surface area contributed by atoms with Gasteiger partial charge in [-0.2, -0.15) is 0 Å². The van der Waals surface area contributed by atoms with Gasteiger partial charge in [0.25, 0.3) is 0 Å². The van der Waals surface area contributed by atoms with Crippen LogP contribution < -0.4 is 10.6 Å². The number of methoxy groups -OCH3 is 1. The molecule has 0 radical (unpaired) electrons. The molecule has 0 aliphatic heterocycles. The Kier molecular flexibility index (Phi) is 7.24. The van der Waals surface area contributed by atoms with Crippen molar-refractivity contribution in [3.63, 3.8) is 0 Å². The van der Waals surface area contributed by atoms with Crippen molar-refractivity contribution in [3.8, 4) is 10.6 Å². The minimum atomic E-state index is 0.342. The predicted molar refractivity (Wildman–Crippen MR) is 113 cm³/mol. The number of nitrogens with zero attached hydrogens (tertiary/aromatic N) is 2. The smallest absolute Gasteiger partial charge is 0.191 e. The number of nitrogens with one attached hydrogen (secondary N) is 2. The second-order valence-corrected chi connectivity index (χ2v) is 8.10. The van der Waals surface area contributed by atoms with Crippen LogP contribution in [0.2, 0.25) is 0 Å². The fraction of sp³-hybridized carbons (Fsp3) is 0.524. The predicted octanol–water partition coefficient (Wildman–Crippen LogP) is 4.07. The van der Waals surface area contributed by atoms with E-state index in [2.05, 4.69) is 33.1 Å². The van der Waals surface area contributed by atoms with Crippen LogP contribution in [0.3, 0.4) is 0 Å². The number of benzene rings is 1. The number of guanidine groups is 1. The highest BCUT2D eigenvalue weighted by molar-refractivity contribution is 7.13. The maximum absolute atomic E-state index is 5.33. The molecular weight excluding hydrogens is 356 g/mol. The molecule has 0 atom stereocenters. The standard InChI is InChI=1S/C21H30N4OS/c1-22-20(24-16-21(12-13-26-2)10-6-7-11-21)23-14-18-15-27-19(25-18)17-8-4-3-5-9-17/h3-5,8-9,15H,6-7,10-14,16H2,1-2H3,(H2,22,23,24). The van der Waals surface area contributed by atoms with Gasteiger partial charge in [-0.25, -0.2) is 4.98 Å². The van der Waals surface area contributed by atoms with E-state index in [1.807, 2.05) is 25.2 Å². The summed E-state index contributed by atoms with van der Waals surface area (Å²) in [5, 5.41) is 10.1. The number of hydrogen-bond donors (Lipinski definition) is 2. The van der Waals surface area contributed by atoms with E-state index in [9.17, 15) is 0 Å². The second-order valence-electron chi connectivity index (χ2n) is 7.24. The summed E-state index contributed by atoms with van der Waals surface area (Å²) in [6.07, 6.45) is 6.29. The van der Waals surface area contributed by atoms with Crippen LogP contribution in [0.1, 0.15) is 37.8 Å². The lowest BCUT2D eigenvalue weighted by atomic mass is 9.83. The number of aromatic nitrogens is 1. The van der Waals surface area contributed by atoms with Crippen LogP contribution >= 0.6 is 11.3 Å². The van der Waals surface area contributed by atoms with Crippen molar-refractivity contribution in [1.82, 2.24) is 15.6 Å². The van der Waals surface area contributed by atoms with Crippen LogP contribution in [-0.2, 0) is 11.3 Å². The average Bonchev–Trinajstić information content (AvgIpc) is 3.37. The molecule has 3 rings (SSSR count). The van der Waals surface area contributed by atoms with E-state index in [-0.39, 0.29) is 0 Å². The monoisotopic (exact) mass is 386 g/mol. The van der Waals surface area contributed by atoms with E-state index >= 15 is 0 Å². The highest BCUT2D eigenvalue weighted by Gasteiger charge is 2.33. The first-order valence-electron chi connectivity index (χ1n) is 9.68. The molecule has 5 nitrogen and oxygen atoms in total. The van der Waals surface area contributed by atoms with Gasteiger partial charge in [0, 0.05) is 38.3 Å². The Morgan fingerprint density at radius 2 is 2.00 bits per heavy atom. The molecule has 1 heterocycles. The van der Waals surface area contributed by atoms with Crippen LogP contribution in [0.4, 0.5) is 0 Å². The lowest BCUT2D eigenvalue weighted by molar-refractivity contribution is 0.138. The average molecular weight is 387 g/mol. The highest BCUT2D eigenvalue weighted by atomic mass is 32.1. The Morgan fingerprint density at radius 3 is 2.70 bits per heavy atom. The summed E-state index contributed by atoms with van der Waals surface area (Å²) < 4.78 is 5.33. The summed E-state index contributed by atoms with van der Waals surface area (Å²) >= 11 is 1.68. The third-order valence-corrected chi connectivity index (χ3v) is 6.30. The Hall–Kier alpha value is -1.92. The van der Waals surface area contributed by atoms with E-state index in [1.165, 1.54) is 25.7 Å². The number of ether oxygens (including phenoxy) is 1. The summed E-state index contributed by atoms with van der Waals surface area (Å²) in [5.74, 6) is 0.841. The van der Waals surface area contributed by atoms with Crippen molar-refractivity contribution < 1.29 is 4.74 Å². The molecule has 0 spiro atoms. The highest BCUT2D eigenvalue weighted by Crippen LogP contribution is 2.40. The Labute approximate surface area is 166 Å². The first-order valence-corrected chi connectivity index (χ1v) is 10.6. The lowest BCUT2D eigenvalue weighted by Crippen LogP contribution is -2.43. The van der Waals surface area contributed by atoms with Crippen LogP contribution in [0.25, 0.3) is 10.6 Å². The molecule has 0 saturated heterocycles. The van der Waals surface area contributed by atoms with Gasteiger partial charge in [0.1, 0.15) is 5.01 Å². The van der Waals surface area contributed by atoms with Gasteiger partial charge in [0.2, 0.25) is 0 Å². The summed E-state index contributed by atoms with van der Waals surface area (Å²) in [6.45, 7) is 2.45. The lowest BCUT2D eigenvalue weighted by Gasteiger charge is -2.29. The molecule has 1 aliphatic carbocycles. The number of hydrogen-bond acceptors (Lipinski definition) is 4. The minimum Gasteiger partial charge on any atom is -0.385 e. The van der Waals surface area contributed by atoms with Gasteiger partial charge >= 0.3 is 0 Å². The largest absolute Gasteiger partial charge is 0.385 e. The van der Waals surface area contributed by atoms with E-state index < -0.39 is 0 Å². The van der Waals surface area contributed by atoms with Crippen molar-refractivity contribution in [2.75, 3.05) is 27.3 Å². The van der Waals surface area contributed by atoms with Crippen molar-refractivity contribution in [2.45, 2.75) is 38.6 Å². The molecule has 2 aromatic rings. The fourth-order valence-corrected chi connectivity index (χ4v) is 4.55. The summed E-state index contributed by atoms with van der Waals surface area (Å²) in [7, 11) is 3.61. The van der Waals surface area contributed by atoms with Gasteiger partial charge in [-0.1, -0.05) is 43.2 Å². The van der Waals surface area contributed by atoms with Gasteiger partial charge < -0.3 is 15.4 Å². The zero-order chi connectivity index (χ0) is 19.0. The fourth-order valence-electron chi connectivity index (χ4n) is 3.73.